The summed E-state index contributed by atoms with van der Waals surface area (Å²) < 4.78 is 10.9. The Morgan fingerprint density at radius 1 is 0.583 bits per heavy atom. The van der Waals surface area contributed by atoms with E-state index in [4.69, 9.17) is 20.9 Å². The molecule has 0 saturated carbocycles. The Kier molecular flexibility index (Phi) is 30.6. The van der Waals surface area contributed by atoms with Crippen LogP contribution in [-0.4, -0.2) is 58.9 Å². The van der Waals surface area contributed by atoms with E-state index < -0.39 is 42.3 Å². The van der Waals surface area contributed by atoms with Gasteiger partial charge in [-0.1, -0.05) is 149 Å². The van der Waals surface area contributed by atoms with Gasteiger partial charge in [-0.15, -0.1) is 0 Å². The first-order valence-electron chi connectivity index (χ1n) is 19.6. The Morgan fingerprint density at radius 3 is 1.33 bits per heavy atom. The summed E-state index contributed by atoms with van der Waals surface area (Å²) in [5.41, 5.74) is 11.7. The number of unbranched alkanes of at least 4 members (excludes halogenated alkanes) is 21. The van der Waals surface area contributed by atoms with Crippen LogP contribution in [0.5, 0.6) is 0 Å². The largest absolute Gasteiger partial charge is 0.477 e. The fraction of sp³-hybridized carbons (Fsp3) is 0.895. The molecule has 1 amide bonds. The Morgan fingerprint density at radius 2 is 0.958 bits per heavy atom. The van der Waals surface area contributed by atoms with E-state index in [-0.39, 0.29) is 19.3 Å². The highest BCUT2D eigenvalue weighted by Gasteiger charge is 2.40. The van der Waals surface area contributed by atoms with Crippen LogP contribution in [0.25, 0.3) is 0 Å². The molecular weight excluding hydrogens is 610 g/mol. The first kappa shape index (κ1) is 45.8. The fourth-order valence-electron chi connectivity index (χ4n) is 5.89. The standard InChI is InChI=1S/C38H73N3O7/c1-4-6-8-10-12-14-16-18-20-22-24-29-34(42)47-32(3)41(36(44)33(40)28-26-27-31-39)37(38(45)46)48-35(43)30-25-23-21-19-17-15-13-11-9-7-5-2/h32-33,37H,4-31,39-40H2,1-3H3,(H,45,46)/t32?,33-,37?/m0/s1. The van der Waals surface area contributed by atoms with Crippen LogP contribution in [0.1, 0.15) is 194 Å². The van der Waals surface area contributed by atoms with E-state index in [0.717, 1.165) is 43.4 Å². The van der Waals surface area contributed by atoms with Crippen LogP contribution in [0.15, 0.2) is 0 Å². The molecule has 3 atom stereocenters. The molecule has 10 nitrogen and oxygen atoms in total. The zero-order chi connectivity index (χ0) is 35.8. The number of amides is 1. The highest BCUT2D eigenvalue weighted by atomic mass is 16.6. The fourth-order valence-corrected chi connectivity index (χ4v) is 5.89. The van der Waals surface area contributed by atoms with Gasteiger partial charge in [-0.2, -0.15) is 0 Å². The van der Waals surface area contributed by atoms with E-state index in [2.05, 4.69) is 13.8 Å². The van der Waals surface area contributed by atoms with Crippen LogP contribution in [0.3, 0.4) is 0 Å². The second-order valence-electron chi connectivity index (χ2n) is 13.5. The molecule has 0 aromatic heterocycles. The van der Waals surface area contributed by atoms with Crippen molar-refractivity contribution in [2.24, 2.45) is 11.5 Å². The van der Waals surface area contributed by atoms with Crippen molar-refractivity contribution in [3.63, 3.8) is 0 Å². The van der Waals surface area contributed by atoms with Gasteiger partial charge < -0.3 is 26.0 Å². The summed E-state index contributed by atoms with van der Waals surface area (Å²) in [5.74, 6) is -3.54. The second kappa shape index (κ2) is 32.0. The van der Waals surface area contributed by atoms with Gasteiger partial charge in [0.05, 0.1) is 6.04 Å². The van der Waals surface area contributed by atoms with Crippen LogP contribution in [-0.2, 0) is 28.7 Å². The van der Waals surface area contributed by atoms with Crippen LogP contribution in [0, 0.1) is 0 Å². The third-order valence-corrected chi connectivity index (χ3v) is 8.91. The number of hydrogen-bond donors (Lipinski definition) is 3. The first-order chi connectivity index (χ1) is 23.2. The topological polar surface area (TPSA) is 162 Å². The number of carboxylic acid groups (broad SMARTS) is 1. The highest BCUT2D eigenvalue weighted by Crippen LogP contribution is 2.18. The van der Waals surface area contributed by atoms with E-state index in [1.807, 2.05) is 0 Å². The molecule has 10 heteroatoms. The van der Waals surface area contributed by atoms with Crippen molar-refractivity contribution < 1.29 is 33.8 Å². The van der Waals surface area contributed by atoms with Gasteiger partial charge in [0.15, 0.2) is 6.23 Å². The molecule has 0 radical (unpaired) electrons. The maximum atomic E-state index is 13.4. The predicted molar refractivity (Wildman–Crippen MR) is 193 cm³/mol. The Bertz CT molecular complexity index is 826. The minimum Gasteiger partial charge on any atom is -0.477 e. The summed E-state index contributed by atoms with van der Waals surface area (Å²) in [6.45, 7) is 6.29. The zero-order valence-electron chi connectivity index (χ0n) is 31.0. The van der Waals surface area contributed by atoms with Gasteiger partial charge in [-0.05, 0) is 39.2 Å². The summed E-state index contributed by atoms with van der Waals surface area (Å²) in [7, 11) is 0. The van der Waals surface area contributed by atoms with E-state index in [1.54, 1.807) is 0 Å². The highest BCUT2D eigenvalue weighted by molar-refractivity contribution is 5.88. The van der Waals surface area contributed by atoms with Crippen molar-refractivity contribution in [1.82, 2.24) is 4.90 Å². The Hall–Kier alpha value is -2.20. The van der Waals surface area contributed by atoms with Crippen molar-refractivity contribution >= 4 is 23.8 Å². The number of carboxylic acids is 1. The quantitative estimate of drug-likeness (QED) is 0.0343. The lowest BCUT2D eigenvalue weighted by Crippen LogP contribution is -2.57. The van der Waals surface area contributed by atoms with Gasteiger partial charge in [0.1, 0.15) is 0 Å². The molecular formula is C38H73N3O7. The molecule has 48 heavy (non-hydrogen) atoms. The predicted octanol–water partition coefficient (Wildman–Crippen LogP) is 8.52. The van der Waals surface area contributed by atoms with Crippen LogP contribution < -0.4 is 11.5 Å². The lowest BCUT2D eigenvalue weighted by Gasteiger charge is -2.34. The summed E-state index contributed by atoms with van der Waals surface area (Å²) in [5, 5.41) is 10.0. The maximum Gasteiger partial charge on any atom is 0.367 e. The third kappa shape index (κ3) is 24.9. The molecule has 0 aliphatic carbocycles. The van der Waals surface area contributed by atoms with Crippen molar-refractivity contribution in [2.45, 2.75) is 213 Å². The SMILES string of the molecule is CCCCCCCCCCCCCC(=O)OC(C)N(C(=O)[C@@H](N)CCCCN)C(OC(=O)CCCCCCCCCCCCC)C(=O)O. The van der Waals surface area contributed by atoms with Gasteiger partial charge in [0.2, 0.25) is 5.91 Å². The molecule has 0 aromatic carbocycles. The minimum atomic E-state index is -1.96. The lowest BCUT2D eigenvalue weighted by atomic mass is 10.1. The maximum absolute atomic E-state index is 13.4. The molecule has 0 aliphatic rings. The van der Waals surface area contributed by atoms with Crippen LogP contribution in [0.2, 0.25) is 0 Å². The summed E-state index contributed by atoms with van der Waals surface area (Å²) in [6, 6.07) is -1.06. The van der Waals surface area contributed by atoms with Crippen molar-refractivity contribution in [3.05, 3.63) is 0 Å². The average Bonchev–Trinajstić information content (AvgIpc) is 3.05. The first-order valence-corrected chi connectivity index (χ1v) is 19.6. The number of hydrogen-bond acceptors (Lipinski definition) is 8. The molecule has 0 heterocycles. The van der Waals surface area contributed by atoms with Gasteiger partial charge in [-0.3, -0.25) is 19.3 Å². The summed E-state index contributed by atoms with van der Waals surface area (Å²) in [4.78, 5) is 52.0. The van der Waals surface area contributed by atoms with Crippen molar-refractivity contribution in [1.29, 1.82) is 0 Å². The van der Waals surface area contributed by atoms with Crippen molar-refractivity contribution in [3.8, 4) is 0 Å². The number of nitrogens with zero attached hydrogens (tertiary/aromatic N) is 1. The molecule has 0 aromatic rings. The number of ether oxygens (including phenoxy) is 2. The van der Waals surface area contributed by atoms with Gasteiger partial charge in [0, 0.05) is 12.8 Å². The Balaban J connectivity index is 4.90. The van der Waals surface area contributed by atoms with Crippen LogP contribution >= 0.6 is 0 Å². The van der Waals surface area contributed by atoms with E-state index in [9.17, 15) is 24.3 Å². The normalized spacial score (nSPS) is 13.1. The number of carbonyl (C=O) groups is 4. The summed E-state index contributed by atoms with van der Waals surface area (Å²) >= 11 is 0. The number of nitrogens with two attached hydrogens (primary N) is 2. The lowest BCUT2D eigenvalue weighted by molar-refractivity contribution is -0.199. The van der Waals surface area contributed by atoms with Gasteiger partial charge in [0.25, 0.3) is 6.23 Å². The number of rotatable bonds is 34. The van der Waals surface area contributed by atoms with Crippen LogP contribution in [0.4, 0.5) is 0 Å². The molecule has 0 fully saturated rings. The number of esters is 2. The average molecular weight is 684 g/mol. The van der Waals surface area contributed by atoms with E-state index >= 15 is 0 Å². The second-order valence-corrected chi connectivity index (χ2v) is 13.5. The van der Waals surface area contributed by atoms with Crippen molar-refractivity contribution in [2.75, 3.05) is 6.54 Å². The molecule has 5 N–H and O–H groups in total. The smallest absolute Gasteiger partial charge is 0.367 e. The minimum absolute atomic E-state index is 0.0401. The molecule has 0 saturated heterocycles. The molecule has 282 valence electrons. The van der Waals surface area contributed by atoms with Gasteiger partial charge >= 0.3 is 17.9 Å². The van der Waals surface area contributed by atoms with E-state index in [0.29, 0.717) is 32.2 Å². The third-order valence-electron chi connectivity index (χ3n) is 8.91. The van der Waals surface area contributed by atoms with Gasteiger partial charge in [-0.25, -0.2) is 4.79 Å². The Labute approximate surface area is 292 Å². The molecule has 0 aliphatic heterocycles. The molecule has 2 unspecified atom stereocenters. The number of aliphatic carboxylic acids is 1. The van der Waals surface area contributed by atoms with E-state index in [1.165, 1.54) is 96.8 Å². The summed E-state index contributed by atoms with van der Waals surface area (Å²) in [6.07, 6.45) is 23.4. The number of carbonyl (C=O) groups excluding carboxylic acids is 3. The molecule has 0 spiro atoms. The molecule has 0 rings (SSSR count). The molecule has 0 bridgehead atoms. The zero-order valence-corrected chi connectivity index (χ0v) is 31.0. The monoisotopic (exact) mass is 684 g/mol.